The van der Waals surface area contributed by atoms with Gasteiger partial charge in [-0.3, -0.25) is 4.79 Å². The van der Waals surface area contributed by atoms with Gasteiger partial charge in [-0.2, -0.15) is 0 Å². The Balaban J connectivity index is 2.24. The number of benzene rings is 2. The first-order valence-electron chi connectivity index (χ1n) is 5.50. The van der Waals surface area contributed by atoms with Gasteiger partial charge in [0.05, 0.1) is 0 Å². The predicted molar refractivity (Wildman–Crippen MR) is 73.4 cm³/mol. The van der Waals surface area contributed by atoms with Crippen LogP contribution in [0.2, 0.25) is 0 Å². The van der Waals surface area contributed by atoms with E-state index in [1.165, 1.54) is 0 Å². The van der Waals surface area contributed by atoms with Gasteiger partial charge >= 0.3 is 0 Å². The van der Waals surface area contributed by atoms with Crippen molar-refractivity contribution in [2.45, 2.75) is 13.3 Å². The second-order valence-electron chi connectivity index (χ2n) is 4.00. The lowest BCUT2D eigenvalue weighted by Crippen LogP contribution is -2.05. The first-order chi connectivity index (χ1) is 8.18. The lowest BCUT2D eigenvalue weighted by atomic mass is 9.99. The van der Waals surface area contributed by atoms with E-state index >= 15 is 0 Å². The summed E-state index contributed by atoms with van der Waals surface area (Å²) in [5.74, 6) is 0.162. The third-order valence-electron chi connectivity index (χ3n) is 2.78. The van der Waals surface area contributed by atoms with Crippen molar-refractivity contribution in [2.75, 3.05) is 0 Å². The van der Waals surface area contributed by atoms with Gasteiger partial charge in [0.2, 0.25) is 0 Å². The zero-order valence-corrected chi connectivity index (χ0v) is 11.2. The monoisotopic (exact) mass is 288 g/mol. The summed E-state index contributed by atoms with van der Waals surface area (Å²) in [4.78, 5) is 12.2. The highest BCUT2D eigenvalue weighted by Gasteiger charge is 2.10. The van der Waals surface area contributed by atoms with Crippen LogP contribution in [0.25, 0.3) is 0 Å². The van der Waals surface area contributed by atoms with Gasteiger partial charge in [0.25, 0.3) is 0 Å². The molecule has 0 amide bonds. The van der Waals surface area contributed by atoms with Crippen LogP contribution in [0.4, 0.5) is 0 Å². The van der Waals surface area contributed by atoms with Crippen LogP contribution in [-0.2, 0) is 6.42 Å². The maximum Gasteiger partial charge on any atom is 0.167 e. The number of carbonyl (C=O) groups excluding carboxylic acids is 1. The molecule has 0 N–H and O–H groups in total. The number of Topliss-reactive ketones (excluding diaryl/α,β-unsaturated/α-hetero) is 1. The molecule has 0 aliphatic rings. The molecule has 0 atom stereocenters. The molecule has 0 aliphatic carbocycles. The van der Waals surface area contributed by atoms with Gasteiger partial charge in [-0.1, -0.05) is 58.4 Å². The molecule has 86 valence electrons. The maximum absolute atomic E-state index is 12.2. The zero-order chi connectivity index (χ0) is 12.3. The first-order valence-corrected chi connectivity index (χ1v) is 6.30. The van der Waals surface area contributed by atoms with Crippen LogP contribution in [0.5, 0.6) is 0 Å². The summed E-state index contributed by atoms with van der Waals surface area (Å²) in [6, 6.07) is 15.6. The van der Waals surface area contributed by atoms with E-state index in [-0.39, 0.29) is 5.78 Å². The van der Waals surface area contributed by atoms with E-state index in [1.54, 1.807) is 0 Å². The van der Waals surface area contributed by atoms with E-state index in [1.807, 2.05) is 55.5 Å². The van der Waals surface area contributed by atoms with Gasteiger partial charge < -0.3 is 0 Å². The average Bonchev–Trinajstić information content (AvgIpc) is 2.34. The molecule has 0 saturated heterocycles. The minimum absolute atomic E-state index is 0.162. The Morgan fingerprint density at radius 3 is 2.47 bits per heavy atom. The second-order valence-corrected chi connectivity index (χ2v) is 4.85. The summed E-state index contributed by atoms with van der Waals surface area (Å²) in [6.45, 7) is 1.96. The second kappa shape index (κ2) is 5.28. The van der Waals surface area contributed by atoms with Gasteiger partial charge in [0.15, 0.2) is 5.78 Å². The molecule has 2 rings (SSSR count). The Morgan fingerprint density at radius 1 is 1.06 bits per heavy atom. The van der Waals surface area contributed by atoms with E-state index < -0.39 is 0 Å². The highest BCUT2D eigenvalue weighted by atomic mass is 79.9. The van der Waals surface area contributed by atoms with Crippen molar-refractivity contribution in [3.05, 3.63) is 69.7 Å². The lowest BCUT2D eigenvalue weighted by molar-refractivity contribution is 0.0992. The van der Waals surface area contributed by atoms with Gasteiger partial charge in [0.1, 0.15) is 0 Å². The molecule has 0 heterocycles. The molecule has 17 heavy (non-hydrogen) atoms. The summed E-state index contributed by atoms with van der Waals surface area (Å²) < 4.78 is 0.983. The van der Waals surface area contributed by atoms with Crippen molar-refractivity contribution < 1.29 is 4.79 Å². The fraction of sp³-hybridized carbons (Fsp3) is 0.133. The highest BCUT2D eigenvalue weighted by molar-refractivity contribution is 9.10. The molecule has 0 saturated carbocycles. The standard InChI is InChI=1S/C15H13BrO/c1-11-13(8-5-9-14(11)16)15(17)10-12-6-3-2-4-7-12/h2-9H,10H2,1H3. The molecule has 0 spiro atoms. The van der Waals surface area contributed by atoms with Crippen LogP contribution in [0.15, 0.2) is 53.0 Å². The number of hydrogen-bond acceptors (Lipinski definition) is 1. The predicted octanol–water partition coefficient (Wildman–Crippen LogP) is 4.18. The van der Waals surface area contributed by atoms with E-state index in [9.17, 15) is 4.79 Å². The Hall–Kier alpha value is -1.41. The molecule has 1 nitrogen and oxygen atoms in total. The fourth-order valence-electron chi connectivity index (χ4n) is 1.79. The van der Waals surface area contributed by atoms with Crippen molar-refractivity contribution in [2.24, 2.45) is 0 Å². The summed E-state index contributed by atoms with van der Waals surface area (Å²) >= 11 is 3.45. The van der Waals surface area contributed by atoms with Crippen molar-refractivity contribution in [3.8, 4) is 0 Å². The van der Waals surface area contributed by atoms with Gasteiger partial charge in [0, 0.05) is 16.5 Å². The van der Waals surface area contributed by atoms with Crippen LogP contribution in [-0.4, -0.2) is 5.78 Å². The summed E-state index contributed by atoms with van der Waals surface area (Å²) in [5.41, 5.74) is 2.86. The fourth-order valence-corrected chi connectivity index (χ4v) is 2.15. The van der Waals surface area contributed by atoms with Crippen molar-refractivity contribution in [1.82, 2.24) is 0 Å². The maximum atomic E-state index is 12.2. The van der Waals surface area contributed by atoms with Crippen LogP contribution in [0.3, 0.4) is 0 Å². The molecule has 2 heteroatoms. The molecule has 0 unspecified atom stereocenters. The number of carbonyl (C=O) groups is 1. The Bertz CT molecular complexity index is 532. The summed E-state index contributed by atoms with van der Waals surface area (Å²) in [6.07, 6.45) is 0.456. The Morgan fingerprint density at radius 2 is 1.76 bits per heavy atom. The number of ketones is 1. The van der Waals surface area contributed by atoms with Crippen molar-refractivity contribution in [1.29, 1.82) is 0 Å². The third-order valence-corrected chi connectivity index (χ3v) is 3.63. The molecule has 2 aromatic carbocycles. The minimum atomic E-state index is 0.162. The van der Waals surface area contributed by atoms with Gasteiger partial charge in [-0.25, -0.2) is 0 Å². The minimum Gasteiger partial charge on any atom is -0.294 e. The molecule has 0 aromatic heterocycles. The quantitative estimate of drug-likeness (QED) is 0.775. The van der Waals surface area contributed by atoms with Crippen LogP contribution >= 0.6 is 15.9 Å². The van der Waals surface area contributed by atoms with E-state index in [4.69, 9.17) is 0 Å². The molecule has 2 aromatic rings. The number of halogens is 1. The van der Waals surface area contributed by atoms with Crippen molar-refractivity contribution in [3.63, 3.8) is 0 Å². The highest BCUT2D eigenvalue weighted by Crippen LogP contribution is 2.20. The topological polar surface area (TPSA) is 17.1 Å². The summed E-state index contributed by atoms with van der Waals surface area (Å²) in [7, 11) is 0. The van der Waals surface area contributed by atoms with E-state index in [0.29, 0.717) is 6.42 Å². The van der Waals surface area contributed by atoms with E-state index in [0.717, 1.165) is 21.2 Å². The van der Waals surface area contributed by atoms with Crippen LogP contribution < -0.4 is 0 Å². The molecule has 0 radical (unpaired) electrons. The van der Waals surface area contributed by atoms with Gasteiger partial charge in [-0.15, -0.1) is 0 Å². The molecule has 0 fully saturated rings. The SMILES string of the molecule is Cc1c(Br)cccc1C(=O)Cc1ccccc1. The van der Waals surface area contributed by atoms with Crippen LogP contribution in [0.1, 0.15) is 21.5 Å². The first kappa shape index (κ1) is 12.1. The molecular formula is C15H13BrO. The Kier molecular flexibility index (Phi) is 3.75. The normalized spacial score (nSPS) is 10.2. The van der Waals surface area contributed by atoms with E-state index in [2.05, 4.69) is 15.9 Å². The average molecular weight is 289 g/mol. The zero-order valence-electron chi connectivity index (χ0n) is 9.61. The molecular weight excluding hydrogens is 276 g/mol. The summed E-state index contributed by atoms with van der Waals surface area (Å²) in [5, 5.41) is 0. The number of hydrogen-bond donors (Lipinski definition) is 0. The molecule has 0 aliphatic heterocycles. The lowest BCUT2D eigenvalue weighted by Gasteiger charge is -2.06. The Labute approximate surface area is 110 Å². The third kappa shape index (κ3) is 2.83. The smallest absolute Gasteiger partial charge is 0.167 e. The van der Waals surface area contributed by atoms with Crippen molar-refractivity contribution >= 4 is 21.7 Å². The number of rotatable bonds is 3. The molecule has 0 bridgehead atoms. The largest absolute Gasteiger partial charge is 0.294 e. The van der Waals surface area contributed by atoms with Crippen LogP contribution in [0, 0.1) is 6.92 Å². The van der Waals surface area contributed by atoms with Gasteiger partial charge in [-0.05, 0) is 24.1 Å².